The Morgan fingerprint density at radius 1 is 1.29 bits per heavy atom. The quantitative estimate of drug-likeness (QED) is 0.860. The monoisotopic (exact) mass is 286 g/mol. The van der Waals surface area contributed by atoms with Crippen LogP contribution in [0.1, 0.15) is 40.9 Å². The van der Waals surface area contributed by atoms with Crippen LogP contribution in [0.4, 0.5) is 10.3 Å². The Balaban J connectivity index is 2.02. The number of benzene rings is 1. The van der Waals surface area contributed by atoms with Crippen molar-refractivity contribution >= 4 is 5.95 Å². The number of nitrogens with zero attached hydrogens (tertiary/aromatic N) is 3. The number of rotatable bonds is 2. The number of nitrogens with two attached hydrogens (primary N) is 1. The van der Waals surface area contributed by atoms with Crippen LogP contribution in [0.25, 0.3) is 0 Å². The normalized spacial score (nSPS) is 20.9. The van der Waals surface area contributed by atoms with Crippen LogP contribution in [0.5, 0.6) is 0 Å². The summed E-state index contributed by atoms with van der Waals surface area (Å²) in [6, 6.07) is 5.85. The number of nitroso groups, excluding NO2 is 1. The lowest BCUT2D eigenvalue weighted by molar-refractivity contribution is 0.489. The number of aromatic nitrogens is 2. The zero-order chi connectivity index (χ0) is 15.0. The molecular weight excluding hydrogens is 271 g/mol. The number of hydrogen-bond donors (Lipinski definition) is 1. The second-order valence-corrected chi connectivity index (χ2v) is 5.34. The first kappa shape index (κ1) is 13.6. The largest absolute Gasteiger partial charge is 0.368 e. The molecule has 0 spiro atoms. The molecule has 21 heavy (non-hydrogen) atoms. The third kappa shape index (κ3) is 2.49. The summed E-state index contributed by atoms with van der Waals surface area (Å²) in [6.07, 6.45) is 1.23. The van der Waals surface area contributed by atoms with E-state index >= 15 is 0 Å². The smallest absolute Gasteiger partial charge is 0.220 e. The summed E-state index contributed by atoms with van der Waals surface area (Å²) in [5.74, 6) is 0.00703. The molecule has 0 radical (unpaired) electrons. The molecule has 2 N–H and O–H groups in total. The van der Waals surface area contributed by atoms with Gasteiger partial charge < -0.3 is 5.73 Å². The molecule has 0 saturated carbocycles. The van der Waals surface area contributed by atoms with Gasteiger partial charge in [-0.05, 0) is 43.4 Å². The standard InChI is InChI=1S/C15H15FN4O/c1-8-14-12(19-15(17)18-8)6-10(7-13(14)20-21)9-2-4-11(16)5-3-9/h2-5,10,13H,6-7H2,1H3,(H2,17,18,19). The van der Waals surface area contributed by atoms with E-state index in [-0.39, 0.29) is 17.7 Å². The molecule has 1 aliphatic carbocycles. The number of fused-ring (bicyclic) bond motifs is 1. The molecule has 0 fully saturated rings. The van der Waals surface area contributed by atoms with Crippen LogP contribution in [0.15, 0.2) is 29.4 Å². The van der Waals surface area contributed by atoms with Crippen LogP contribution < -0.4 is 5.73 Å². The number of anilines is 1. The molecule has 2 atom stereocenters. The Labute approximate surface area is 121 Å². The maximum atomic E-state index is 13.0. The third-order valence-electron chi connectivity index (χ3n) is 3.98. The maximum Gasteiger partial charge on any atom is 0.220 e. The van der Waals surface area contributed by atoms with E-state index in [9.17, 15) is 9.30 Å². The molecule has 1 aromatic carbocycles. The van der Waals surface area contributed by atoms with Crippen molar-refractivity contribution in [2.24, 2.45) is 5.18 Å². The number of hydrogen-bond acceptors (Lipinski definition) is 5. The van der Waals surface area contributed by atoms with Gasteiger partial charge in [0.1, 0.15) is 11.9 Å². The minimum absolute atomic E-state index is 0.0782. The minimum Gasteiger partial charge on any atom is -0.368 e. The van der Waals surface area contributed by atoms with Gasteiger partial charge in [0.05, 0.1) is 5.69 Å². The summed E-state index contributed by atoms with van der Waals surface area (Å²) in [5, 5.41) is 3.23. The summed E-state index contributed by atoms with van der Waals surface area (Å²) >= 11 is 0. The van der Waals surface area contributed by atoms with Gasteiger partial charge in [0.2, 0.25) is 5.95 Å². The van der Waals surface area contributed by atoms with E-state index in [4.69, 9.17) is 5.73 Å². The second kappa shape index (κ2) is 5.20. The number of halogens is 1. The SMILES string of the molecule is Cc1nc(N)nc2c1C(N=O)CC(c1ccc(F)cc1)C2. The first-order chi connectivity index (χ1) is 10.1. The molecule has 1 aliphatic rings. The lowest BCUT2D eigenvalue weighted by atomic mass is 9.79. The Bertz CT molecular complexity index is 687. The first-order valence-electron chi connectivity index (χ1n) is 6.79. The summed E-state index contributed by atoms with van der Waals surface area (Å²) in [7, 11) is 0. The molecule has 3 rings (SSSR count). The van der Waals surface area contributed by atoms with Crippen molar-refractivity contribution < 1.29 is 4.39 Å². The predicted octanol–water partition coefficient (Wildman–Crippen LogP) is 3.04. The fourth-order valence-corrected chi connectivity index (χ4v) is 3.04. The Kier molecular flexibility index (Phi) is 3.37. The zero-order valence-corrected chi connectivity index (χ0v) is 11.6. The van der Waals surface area contributed by atoms with Crippen LogP contribution >= 0.6 is 0 Å². The summed E-state index contributed by atoms with van der Waals surface area (Å²) in [6.45, 7) is 1.81. The highest BCUT2D eigenvalue weighted by molar-refractivity contribution is 5.38. The van der Waals surface area contributed by atoms with Gasteiger partial charge in [-0.3, -0.25) is 0 Å². The molecule has 2 unspecified atom stereocenters. The molecule has 1 heterocycles. The van der Waals surface area contributed by atoms with Gasteiger partial charge in [0, 0.05) is 11.3 Å². The summed E-state index contributed by atoms with van der Waals surface area (Å²) < 4.78 is 13.0. The lowest BCUT2D eigenvalue weighted by Gasteiger charge is -2.28. The summed E-state index contributed by atoms with van der Waals surface area (Å²) in [4.78, 5) is 19.6. The van der Waals surface area contributed by atoms with Gasteiger partial charge in [-0.25, -0.2) is 14.4 Å². The second-order valence-electron chi connectivity index (χ2n) is 5.34. The van der Waals surface area contributed by atoms with Crippen LogP contribution in [0.2, 0.25) is 0 Å². The fourth-order valence-electron chi connectivity index (χ4n) is 3.04. The van der Waals surface area contributed by atoms with E-state index in [2.05, 4.69) is 15.1 Å². The van der Waals surface area contributed by atoms with Crippen molar-refractivity contribution in [3.63, 3.8) is 0 Å². The van der Waals surface area contributed by atoms with Crippen molar-refractivity contribution in [2.45, 2.75) is 31.7 Å². The van der Waals surface area contributed by atoms with Crippen LogP contribution in [0, 0.1) is 17.6 Å². The highest BCUT2D eigenvalue weighted by Gasteiger charge is 2.32. The highest BCUT2D eigenvalue weighted by Crippen LogP contribution is 2.41. The summed E-state index contributed by atoms with van der Waals surface area (Å²) in [5.41, 5.74) is 8.94. The van der Waals surface area contributed by atoms with Crippen LogP contribution in [-0.4, -0.2) is 9.97 Å². The molecule has 0 aliphatic heterocycles. The number of aryl methyl sites for hydroxylation is 1. The molecular formula is C15H15FN4O. The van der Waals surface area contributed by atoms with Gasteiger partial charge in [-0.15, -0.1) is 0 Å². The molecule has 1 aromatic heterocycles. The van der Waals surface area contributed by atoms with Gasteiger partial charge in [-0.1, -0.05) is 17.3 Å². The van der Waals surface area contributed by atoms with E-state index in [0.29, 0.717) is 18.5 Å². The van der Waals surface area contributed by atoms with E-state index < -0.39 is 6.04 Å². The van der Waals surface area contributed by atoms with Crippen LogP contribution in [-0.2, 0) is 6.42 Å². The van der Waals surface area contributed by atoms with E-state index in [1.807, 2.05) is 6.92 Å². The molecule has 0 amide bonds. The third-order valence-corrected chi connectivity index (χ3v) is 3.98. The zero-order valence-electron chi connectivity index (χ0n) is 11.6. The van der Waals surface area contributed by atoms with E-state index in [0.717, 1.165) is 16.8 Å². The van der Waals surface area contributed by atoms with Crippen molar-refractivity contribution in [3.05, 3.63) is 57.5 Å². The fraction of sp³-hybridized carbons (Fsp3) is 0.333. The van der Waals surface area contributed by atoms with Gasteiger partial charge in [0.25, 0.3) is 0 Å². The van der Waals surface area contributed by atoms with Crippen LogP contribution in [0.3, 0.4) is 0 Å². The average Bonchev–Trinajstić information content (AvgIpc) is 2.46. The molecule has 108 valence electrons. The highest BCUT2D eigenvalue weighted by atomic mass is 19.1. The maximum absolute atomic E-state index is 13.0. The Morgan fingerprint density at radius 2 is 2.00 bits per heavy atom. The van der Waals surface area contributed by atoms with Crippen molar-refractivity contribution in [3.8, 4) is 0 Å². The minimum atomic E-state index is -0.482. The van der Waals surface area contributed by atoms with E-state index in [1.165, 1.54) is 12.1 Å². The Hall–Kier alpha value is -2.37. The number of nitrogen functional groups attached to an aromatic ring is 1. The average molecular weight is 286 g/mol. The lowest BCUT2D eigenvalue weighted by Crippen LogP contribution is -2.20. The molecule has 0 saturated heterocycles. The van der Waals surface area contributed by atoms with Gasteiger partial charge in [-0.2, -0.15) is 4.91 Å². The molecule has 5 nitrogen and oxygen atoms in total. The van der Waals surface area contributed by atoms with Crippen molar-refractivity contribution in [1.82, 2.24) is 9.97 Å². The van der Waals surface area contributed by atoms with Gasteiger partial charge >= 0.3 is 0 Å². The molecule has 0 bridgehead atoms. The van der Waals surface area contributed by atoms with Crippen molar-refractivity contribution in [2.75, 3.05) is 5.73 Å². The predicted molar refractivity (Wildman–Crippen MR) is 77.2 cm³/mol. The Morgan fingerprint density at radius 3 is 2.67 bits per heavy atom. The molecule has 6 heteroatoms. The van der Waals surface area contributed by atoms with Crippen molar-refractivity contribution in [1.29, 1.82) is 0 Å². The first-order valence-corrected chi connectivity index (χ1v) is 6.79. The van der Waals surface area contributed by atoms with Gasteiger partial charge in [0.15, 0.2) is 0 Å². The topological polar surface area (TPSA) is 81.2 Å². The molecule has 2 aromatic rings. The van der Waals surface area contributed by atoms with E-state index in [1.54, 1.807) is 12.1 Å².